The number of nitrogens with one attached hydrogen (secondary N) is 1. The molecule has 1 atom stereocenters. The summed E-state index contributed by atoms with van der Waals surface area (Å²) in [5.41, 5.74) is 0.985. The first-order valence-corrected chi connectivity index (χ1v) is 8.16. The zero-order chi connectivity index (χ0) is 15.1. The van der Waals surface area contributed by atoms with E-state index in [1.54, 1.807) is 0 Å². The summed E-state index contributed by atoms with van der Waals surface area (Å²) in [4.78, 5) is 2.36. The standard InChI is InChI=1S/C16H29N3O2/c1-4-19(11-15-6-5-7-20-15)12-16-8-14(18-21-16)10-17-9-13(2)3/h8,13,15,17H,4-7,9-12H2,1-3H3. The molecule has 0 aromatic carbocycles. The summed E-state index contributed by atoms with van der Waals surface area (Å²) in [5, 5.41) is 7.52. The van der Waals surface area contributed by atoms with Gasteiger partial charge in [0.2, 0.25) is 0 Å². The summed E-state index contributed by atoms with van der Waals surface area (Å²) in [6.45, 7) is 12.1. The van der Waals surface area contributed by atoms with E-state index < -0.39 is 0 Å². The van der Waals surface area contributed by atoms with Gasteiger partial charge in [0.15, 0.2) is 5.76 Å². The normalized spacial score (nSPS) is 19.0. The number of rotatable bonds is 9. The average molecular weight is 295 g/mol. The Morgan fingerprint density at radius 1 is 1.48 bits per heavy atom. The van der Waals surface area contributed by atoms with Gasteiger partial charge in [0.25, 0.3) is 0 Å². The molecule has 1 N–H and O–H groups in total. The molecule has 5 heteroatoms. The molecule has 0 radical (unpaired) electrons. The lowest BCUT2D eigenvalue weighted by atomic mass is 10.2. The second kappa shape index (κ2) is 8.51. The molecule has 21 heavy (non-hydrogen) atoms. The lowest BCUT2D eigenvalue weighted by Crippen LogP contribution is -2.31. The number of nitrogens with zero attached hydrogens (tertiary/aromatic N) is 2. The predicted molar refractivity (Wildman–Crippen MR) is 83.0 cm³/mol. The Morgan fingerprint density at radius 2 is 2.33 bits per heavy atom. The van der Waals surface area contributed by atoms with E-state index >= 15 is 0 Å². The Hall–Kier alpha value is -0.910. The van der Waals surface area contributed by atoms with Gasteiger partial charge in [0.05, 0.1) is 18.3 Å². The van der Waals surface area contributed by atoms with Crippen molar-refractivity contribution >= 4 is 0 Å². The molecule has 0 saturated carbocycles. The van der Waals surface area contributed by atoms with Gasteiger partial charge in [-0.1, -0.05) is 25.9 Å². The van der Waals surface area contributed by atoms with E-state index in [-0.39, 0.29) is 0 Å². The molecule has 1 saturated heterocycles. The molecule has 2 heterocycles. The van der Waals surface area contributed by atoms with Gasteiger partial charge in [-0.05, 0) is 31.8 Å². The molecule has 1 aromatic rings. The van der Waals surface area contributed by atoms with E-state index in [0.29, 0.717) is 12.0 Å². The van der Waals surface area contributed by atoms with Crippen LogP contribution in [0.5, 0.6) is 0 Å². The van der Waals surface area contributed by atoms with Crippen molar-refractivity contribution in [3.63, 3.8) is 0 Å². The van der Waals surface area contributed by atoms with Gasteiger partial charge in [-0.3, -0.25) is 4.90 Å². The number of ether oxygens (including phenoxy) is 1. The molecule has 0 bridgehead atoms. The minimum atomic E-state index is 0.389. The summed E-state index contributed by atoms with van der Waals surface area (Å²) in [6, 6.07) is 2.06. The number of aromatic nitrogens is 1. The van der Waals surface area contributed by atoms with Crippen LogP contribution < -0.4 is 5.32 Å². The van der Waals surface area contributed by atoms with E-state index in [2.05, 4.69) is 42.2 Å². The smallest absolute Gasteiger partial charge is 0.151 e. The molecule has 1 aliphatic heterocycles. The molecule has 1 aromatic heterocycles. The van der Waals surface area contributed by atoms with E-state index in [9.17, 15) is 0 Å². The molecule has 1 unspecified atom stereocenters. The van der Waals surface area contributed by atoms with E-state index in [4.69, 9.17) is 9.26 Å². The van der Waals surface area contributed by atoms with Crippen molar-refractivity contribution in [2.24, 2.45) is 5.92 Å². The zero-order valence-corrected chi connectivity index (χ0v) is 13.6. The second-order valence-electron chi connectivity index (χ2n) is 6.27. The topological polar surface area (TPSA) is 50.5 Å². The van der Waals surface area contributed by atoms with Crippen LogP contribution in [0.25, 0.3) is 0 Å². The first kappa shape index (κ1) is 16.5. The molecule has 120 valence electrons. The van der Waals surface area contributed by atoms with E-state index in [1.807, 2.05) is 0 Å². The Morgan fingerprint density at radius 3 is 3.00 bits per heavy atom. The molecule has 0 aliphatic carbocycles. The summed E-state index contributed by atoms with van der Waals surface area (Å²) in [7, 11) is 0. The number of likely N-dealkylation sites (N-methyl/N-ethyl adjacent to an activating group) is 1. The summed E-state index contributed by atoms with van der Waals surface area (Å²) in [6.07, 6.45) is 2.76. The average Bonchev–Trinajstić information content (AvgIpc) is 3.09. The third kappa shape index (κ3) is 5.77. The third-order valence-corrected chi connectivity index (χ3v) is 3.78. The van der Waals surface area contributed by atoms with Gasteiger partial charge in [-0.2, -0.15) is 0 Å². The van der Waals surface area contributed by atoms with Crippen LogP contribution in [-0.4, -0.2) is 42.4 Å². The van der Waals surface area contributed by atoms with Crippen LogP contribution in [0, 0.1) is 5.92 Å². The quantitative estimate of drug-likeness (QED) is 0.758. The summed E-state index contributed by atoms with van der Waals surface area (Å²) < 4.78 is 11.2. The van der Waals surface area contributed by atoms with Crippen LogP contribution in [0.4, 0.5) is 0 Å². The van der Waals surface area contributed by atoms with Crippen LogP contribution >= 0.6 is 0 Å². The molecular formula is C16H29N3O2. The first-order chi connectivity index (χ1) is 10.2. The number of hydrogen-bond donors (Lipinski definition) is 1. The highest BCUT2D eigenvalue weighted by atomic mass is 16.5. The van der Waals surface area contributed by atoms with Crippen LogP contribution in [0.3, 0.4) is 0 Å². The minimum absolute atomic E-state index is 0.389. The maximum absolute atomic E-state index is 5.71. The van der Waals surface area contributed by atoms with Gasteiger partial charge in [-0.15, -0.1) is 0 Å². The Labute approximate surface area is 128 Å². The van der Waals surface area contributed by atoms with Crippen LogP contribution in [-0.2, 0) is 17.8 Å². The van der Waals surface area contributed by atoms with Gasteiger partial charge >= 0.3 is 0 Å². The second-order valence-corrected chi connectivity index (χ2v) is 6.27. The summed E-state index contributed by atoms with van der Waals surface area (Å²) >= 11 is 0. The minimum Gasteiger partial charge on any atom is -0.377 e. The molecule has 5 nitrogen and oxygen atoms in total. The number of hydrogen-bond acceptors (Lipinski definition) is 5. The van der Waals surface area contributed by atoms with Gasteiger partial charge in [0.1, 0.15) is 0 Å². The fraction of sp³-hybridized carbons (Fsp3) is 0.812. The Kier molecular flexibility index (Phi) is 6.67. The highest BCUT2D eigenvalue weighted by Gasteiger charge is 2.19. The van der Waals surface area contributed by atoms with Gasteiger partial charge in [-0.25, -0.2) is 0 Å². The maximum Gasteiger partial charge on any atom is 0.151 e. The summed E-state index contributed by atoms with van der Waals surface area (Å²) in [5.74, 6) is 1.59. The molecule has 0 spiro atoms. The predicted octanol–water partition coefficient (Wildman–Crippen LogP) is 2.42. The van der Waals surface area contributed by atoms with E-state index in [0.717, 1.165) is 50.8 Å². The van der Waals surface area contributed by atoms with E-state index in [1.165, 1.54) is 12.8 Å². The van der Waals surface area contributed by atoms with Crippen molar-refractivity contribution in [1.82, 2.24) is 15.4 Å². The fourth-order valence-electron chi connectivity index (χ4n) is 2.60. The molecule has 1 fully saturated rings. The fourth-order valence-corrected chi connectivity index (χ4v) is 2.60. The van der Waals surface area contributed by atoms with Gasteiger partial charge < -0.3 is 14.6 Å². The zero-order valence-electron chi connectivity index (χ0n) is 13.6. The monoisotopic (exact) mass is 295 g/mol. The highest BCUT2D eigenvalue weighted by Crippen LogP contribution is 2.15. The molecule has 0 amide bonds. The molecule has 1 aliphatic rings. The van der Waals surface area contributed by atoms with Crippen molar-refractivity contribution in [3.8, 4) is 0 Å². The van der Waals surface area contributed by atoms with Gasteiger partial charge in [0, 0.05) is 25.8 Å². The maximum atomic E-state index is 5.71. The van der Waals surface area contributed by atoms with Crippen LogP contribution in [0.1, 0.15) is 45.1 Å². The first-order valence-electron chi connectivity index (χ1n) is 8.16. The lowest BCUT2D eigenvalue weighted by Gasteiger charge is -2.22. The SMILES string of the molecule is CCN(Cc1cc(CNCC(C)C)no1)CC1CCCO1. The van der Waals surface area contributed by atoms with Crippen LogP contribution in [0.2, 0.25) is 0 Å². The van der Waals surface area contributed by atoms with Crippen LogP contribution in [0.15, 0.2) is 10.6 Å². The molecule has 2 rings (SSSR count). The van der Waals surface area contributed by atoms with Crippen molar-refractivity contribution < 1.29 is 9.26 Å². The third-order valence-electron chi connectivity index (χ3n) is 3.78. The lowest BCUT2D eigenvalue weighted by molar-refractivity contribution is 0.0695. The largest absolute Gasteiger partial charge is 0.377 e. The van der Waals surface area contributed by atoms with Crippen molar-refractivity contribution in [2.45, 2.75) is 52.8 Å². The molecular weight excluding hydrogens is 266 g/mol. The van der Waals surface area contributed by atoms with Crippen molar-refractivity contribution in [1.29, 1.82) is 0 Å². The Balaban J connectivity index is 1.76. The highest BCUT2D eigenvalue weighted by molar-refractivity contribution is 5.05. The Bertz CT molecular complexity index is 400. The van der Waals surface area contributed by atoms with Crippen molar-refractivity contribution in [3.05, 3.63) is 17.5 Å². The van der Waals surface area contributed by atoms with Crippen molar-refractivity contribution in [2.75, 3.05) is 26.2 Å².